The van der Waals surface area contributed by atoms with E-state index in [1.165, 1.54) is 0 Å². The van der Waals surface area contributed by atoms with Crippen molar-refractivity contribution in [3.05, 3.63) is 52.5 Å². The summed E-state index contributed by atoms with van der Waals surface area (Å²) >= 11 is 3.37. The number of halogens is 1. The van der Waals surface area contributed by atoms with Gasteiger partial charge in [-0.3, -0.25) is 4.79 Å². The van der Waals surface area contributed by atoms with Gasteiger partial charge in [-0.1, -0.05) is 22.0 Å². The van der Waals surface area contributed by atoms with Gasteiger partial charge in [-0.15, -0.1) is 0 Å². The highest BCUT2D eigenvalue weighted by Gasteiger charge is 2.07. The van der Waals surface area contributed by atoms with E-state index in [-0.39, 0.29) is 6.42 Å². The van der Waals surface area contributed by atoms with Crippen molar-refractivity contribution in [1.82, 2.24) is 0 Å². The van der Waals surface area contributed by atoms with Crippen molar-refractivity contribution in [2.75, 3.05) is 20.3 Å². The molecule has 0 aliphatic rings. The number of aliphatic carboxylic acids is 1. The lowest BCUT2D eigenvalue weighted by atomic mass is 10.1. The van der Waals surface area contributed by atoms with Gasteiger partial charge in [-0.25, -0.2) is 0 Å². The van der Waals surface area contributed by atoms with E-state index in [9.17, 15) is 4.79 Å². The summed E-state index contributed by atoms with van der Waals surface area (Å²) in [5.41, 5.74) is 0.891. The lowest BCUT2D eigenvalue weighted by Crippen LogP contribution is -2.10. The number of methoxy groups -OCH3 is 1. The van der Waals surface area contributed by atoms with Crippen LogP contribution in [0.1, 0.15) is 12.0 Å². The van der Waals surface area contributed by atoms with E-state index in [0.29, 0.717) is 31.1 Å². The summed E-state index contributed by atoms with van der Waals surface area (Å²) in [7, 11) is 1.57. The molecule has 6 heteroatoms. The SMILES string of the molecule is COc1ccc(CCC(=O)O)cc1OCCOc1ccc(Br)cc1. The molecule has 0 atom stereocenters. The number of benzene rings is 2. The van der Waals surface area contributed by atoms with Crippen molar-refractivity contribution < 1.29 is 24.1 Å². The molecule has 128 valence electrons. The zero-order valence-electron chi connectivity index (χ0n) is 13.3. The zero-order valence-corrected chi connectivity index (χ0v) is 14.9. The summed E-state index contributed by atoms with van der Waals surface area (Å²) in [6, 6.07) is 13.0. The van der Waals surface area contributed by atoms with Gasteiger partial charge in [0.25, 0.3) is 0 Å². The van der Waals surface area contributed by atoms with Gasteiger partial charge < -0.3 is 19.3 Å². The fourth-order valence-electron chi connectivity index (χ4n) is 2.08. The minimum absolute atomic E-state index is 0.0818. The van der Waals surface area contributed by atoms with Gasteiger partial charge in [0, 0.05) is 10.9 Å². The Morgan fingerprint density at radius 3 is 2.42 bits per heavy atom. The van der Waals surface area contributed by atoms with Crippen molar-refractivity contribution in [2.45, 2.75) is 12.8 Å². The van der Waals surface area contributed by atoms with Crippen molar-refractivity contribution in [3.63, 3.8) is 0 Å². The van der Waals surface area contributed by atoms with Crippen LogP contribution in [0.5, 0.6) is 17.2 Å². The predicted molar refractivity (Wildman–Crippen MR) is 94.1 cm³/mol. The fraction of sp³-hybridized carbons (Fsp3) is 0.278. The number of carboxylic acid groups (broad SMARTS) is 1. The van der Waals surface area contributed by atoms with Crippen LogP contribution in [0.2, 0.25) is 0 Å². The topological polar surface area (TPSA) is 65.0 Å². The molecule has 1 N–H and O–H groups in total. The molecule has 0 amide bonds. The smallest absolute Gasteiger partial charge is 0.303 e. The minimum Gasteiger partial charge on any atom is -0.493 e. The van der Waals surface area contributed by atoms with Crippen LogP contribution in [-0.4, -0.2) is 31.4 Å². The normalized spacial score (nSPS) is 10.2. The summed E-state index contributed by atoms with van der Waals surface area (Å²) in [6.45, 7) is 0.749. The monoisotopic (exact) mass is 394 g/mol. The molecular formula is C18H19BrO5. The first-order chi connectivity index (χ1) is 11.6. The molecule has 2 rings (SSSR count). The highest BCUT2D eigenvalue weighted by Crippen LogP contribution is 2.28. The van der Waals surface area contributed by atoms with Crippen LogP contribution in [-0.2, 0) is 11.2 Å². The number of hydrogen-bond donors (Lipinski definition) is 1. The molecule has 0 spiro atoms. The summed E-state index contributed by atoms with van der Waals surface area (Å²) in [5.74, 6) is 1.14. The van der Waals surface area contributed by atoms with E-state index >= 15 is 0 Å². The second-order valence-electron chi connectivity index (χ2n) is 5.03. The van der Waals surface area contributed by atoms with E-state index in [1.807, 2.05) is 30.3 Å². The van der Waals surface area contributed by atoms with Crippen LogP contribution in [0.4, 0.5) is 0 Å². The molecule has 2 aromatic rings. The van der Waals surface area contributed by atoms with Crippen LogP contribution < -0.4 is 14.2 Å². The van der Waals surface area contributed by atoms with Crippen molar-refractivity contribution in [1.29, 1.82) is 0 Å². The Bertz CT molecular complexity index is 670. The highest BCUT2D eigenvalue weighted by molar-refractivity contribution is 9.10. The molecule has 0 aliphatic heterocycles. The van der Waals surface area contributed by atoms with Gasteiger partial charge in [-0.05, 0) is 48.4 Å². The molecule has 0 bridgehead atoms. The molecule has 2 aromatic carbocycles. The molecule has 24 heavy (non-hydrogen) atoms. The Hall–Kier alpha value is -2.21. The molecule has 0 saturated carbocycles. The molecule has 0 unspecified atom stereocenters. The van der Waals surface area contributed by atoms with Crippen LogP contribution in [0.25, 0.3) is 0 Å². The maximum atomic E-state index is 10.7. The van der Waals surface area contributed by atoms with E-state index in [0.717, 1.165) is 15.8 Å². The minimum atomic E-state index is -0.823. The van der Waals surface area contributed by atoms with E-state index in [4.69, 9.17) is 19.3 Å². The predicted octanol–water partition coefficient (Wildman–Crippen LogP) is 3.93. The second kappa shape index (κ2) is 9.17. The summed E-state index contributed by atoms with van der Waals surface area (Å²) in [5, 5.41) is 8.77. The third-order valence-corrected chi connectivity index (χ3v) is 3.81. The number of hydrogen-bond acceptors (Lipinski definition) is 4. The maximum Gasteiger partial charge on any atom is 0.303 e. The number of aryl methyl sites for hydroxylation is 1. The van der Waals surface area contributed by atoms with E-state index < -0.39 is 5.97 Å². The van der Waals surface area contributed by atoms with Gasteiger partial charge in [-0.2, -0.15) is 0 Å². The van der Waals surface area contributed by atoms with E-state index in [1.54, 1.807) is 19.2 Å². The Balaban J connectivity index is 1.88. The molecule has 0 saturated heterocycles. The average molecular weight is 395 g/mol. The van der Waals surface area contributed by atoms with Crippen LogP contribution in [0.3, 0.4) is 0 Å². The second-order valence-corrected chi connectivity index (χ2v) is 5.95. The average Bonchev–Trinajstić information content (AvgIpc) is 2.58. The maximum absolute atomic E-state index is 10.7. The number of ether oxygens (including phenoxy) is 3. The van der Waals surface area contributed by atoms with Gasteiger partial charge in [0.05, 0.1) is 7.11 Å². The Labute approximate surface area is 149 Å². The van der Waals surface area contributed by atoms with Gasteiger partial charge >= 0.3 is 5.97 Å². The third-order valence-electron chi connectivity index (χ3n) is 3.28. The molecule has 0 radical (unpaired) electrons. The summed E-state index contributed by atoms with van der Waals surface area (Å²) in [6.07, 6.45) is 0.531. The molecular weight excluding hydrogens is 376 g/mol. The Kier molecular flexibility index (Phi) is 6.93. The number of carboxylic acids is 1. The zero-order chi connectivity index (χ0) is 17.4. The lowest BCUT2D eigenvalue weighted by molar-refractivity contribution is -0.136. The largest absolute Gasteiger partial charge is 0.493 e. The molecule has 0 aromatic heterocycles. The number of carbonyl (C=O) groups is 1. The third kappa shape index (κ3) is 5.77. The fourth-order valence-corrected chi connectivity index (χ4v) is 2.35. The Morgan fingerprint density at radius 2 is 1.75 bits per heavy atom. The Morgan fingerprint density at radius 1 is 1.04 bits per heavy atom. The van der Waals surface area contributed by atoms with Crippen LogP contribution >= 0.6 is 15.9 Å². The first-order valence-corrected chi connectivity index (χ1v) is 8.27. The molecule has 0 fully saturated rings. The first-order valence-electron chi connectivity index (χ1n) is 7.48. The van der Waals surface area contributed by atoms with Gasteiger partial charge in [0.15, 0.2) is 11.5 Å². The lowest BCUT2D eigenvalue weighted by Gasteiger charge is -2.13. The van der Waals surface area contributed by atoms with E-state index in [2.05, 4.69) is 15.9 Å². The van der Waals surface area contributed by atoms with Crippen LogP contribution in [0, 0.1) is 0 Å². The standard InChI is InChI=1S/C18H19BrO5/c1-22-16-8-2-13(3-9-18(20)21)12-17(16)24-11-10-23-15-6-4-14(19)5-7-15/h2,4-8,12H,3,9-11H2,1H3,(H,20,21). The van der Waals surface area contributed by atoms with Gasteiger partial charge in [0.2, 0.25) is 0 Å². The summed E-state index contributed by atoms with van der Waals surface area (Å²) in [4.78, 5) is 10.7. The first kappa shape index (κ1) is 18.1. The van der Waals surface area contributed by atoms with Crippen molar-refractivity contribution in [2.24, 2.45) is 0 Å². The summed E-state index contributed by atoms with van der Waals surface area (Å²) < 4.78 is 17.6. The van der Waals surface area contributed by atoms with Crippen LogP contribution in [0.15, 0.2) is 46.9 Å². The highest BCUT2D eigenvalue weighted by atomic mass is 79.9. The molecule has 5 nitrogen and oxygen atoms in total. The molecule has 0 heterocycles. The van der Waals surface area contributed by atoms with Gasteiger partial charge in [0.1, 0.15) is 19.0 Å². The number of rotatable bonds is 9. The van der Waals surface area contributed by atoms with Crippen molar-refractivity contribution in [3.8, 4) is 17.2 Å². The quantitative estimate of drug-likeness (QED) is 0.652. The molecule has 0 aliphatic carbocycles. The van der Waals surface area contributed by atoms with Crippen molar-refractivity contribution >= 4 is 21.9 Å².